The minimum Gasteiger partial charge on any atom is -0.480 e. The fraction of sp³-hybridized carbons (Fsp3) is 0.250. The molecule has 0 radical (unpaired) electrons. The maximum atomic E-state index is 12.9. The van der Waals surface area contributed by atoms with E-state index in [2.05, 4.69) is 36.0 Å². The van der Waals surface area contributed by atoms with Crippen LogP contribution >= 0.6 is 23.3 Å². The summed E-state index contributed by atoms with van der Waals surface area (Å²) in [5.41, 5.74) is 3.18. The monoisotopic (exact) mass is 506 g/mol. The van der Waals surface area contributed by atoms with E-state index >= 15 is 0 Å². The summed E-state index contributed by atoms with van der Waals surface area (Å²) in [5.74, 6) is 1.24. The zero-order chi connectivity index (χ0) is 23.8. The Morgan fingerprint density at radius 1 is 1.17 bits per heavy atom. The van der Waals surface area contributed by atoms with Crippen LogP contribution in [0, 0.1) is 0 Å². The molecule has 1 amide bonds. The number of thiophene rings is 1. The van der Waals surface area contributed by atoms with Crippen LogP contribution in [0.25, 0.3) is 20.7 Å². The van der Waals surface area contributed by atoms with Crippen LogP contribution in [0.4, 0.5) is 11.5 Å². The molecule has 2 aliphatic rings. The number of nitrogens with zero attached hydrogens (tertiary/aromatic N) is 4. The van der Waals surface area contributed by atoms with Crippen molar-refractivity contribution in [3.63, 3.8) is 0 Å². The van der Waals surface area contributed by atoms with E-state index in [1.807, 2.05) is 24.3 Å². The van der Waals surface area contributed by atoms with E-state index in [1.54, 1.807) is 37.0 Å². The molecule has 8 bridgehead atoms. The molecule has 1 fully saturated rings. The summed E-state index contributed by atoms with van der Waals surface area (Å²) in [4.78, 5) is 30.6. The number of hydrogen-bond acceptors (Lipinski definition) is 10. The maximum absolute atomic E-state index is 12.9. The molecule has 6 rings (SSSR count). The van der Waals surface area contributed by atoms with Crippen molar-refractivity contribution in [2.45, 2.75) is 11.0 Å². The maximum Gasteiger partial charge on any atom is 0.251 e. The molecule has 0 aliphatic carbocycles. The highest BCUT2D eigenvalue weighted by molar-refractivity contribution is 8.00. The Morgan fingerprint density at radius 2 is 2.11 bits per heavy atom. The fourth-order valence-corrected chi connectivity index (χ4v) is 6.01. The summed E-state index contributed by atoms with van der Waals surface area (Å²) in [6.07, 6.45) is 3.27. The van der Waals surface area contributed by atoms with Crippen LogP contribution in [0.1, 0.15) is 10.4 Å². The van der Waals surface area contributed by atoms with Crippen molar-refractivity contribution < 1.29 is 14.3 Å². The third kappa shape index (κ3) is 4.38. The largest absolute Gasteiger partial charge is 0.480 e. The first kappa shape index (κ1) is 22.1. The number of fused-ring (bicyclic) bond motifs is 9. The summed E-state index contributed by atoms with van der Waals surface area (Å²) in [7, 11) is 1.60. The zero-order valence-electron chi connectivity index (χ0n) is 18.9. The lowest BCUT2D eigenvalue weighted by atomic mass is 10.2. The van der Waals surface area contributed by atoms with Crippen LogP contribution in [0.15, 0.2) is 53.8 Å². The topological polar surface area (TPSA) is 102 Å². The van der Waals surface area contributed by atoms with Gasteiger partial charge in [0, 0.05) is 46.7 Å². The van der Waals surface area contributed by atoms with Crippen molar-refractivity contribution in [3.05, 3.63) is 54.5 Å². The number of benzene rings is 1. The Balaban J connectivity index is 1.45. The number of ether oxygens (including phenoxy) is 2. The Kier molecular flexibility index (Phi) is 5.88. The molecule has 178 valence electrons. The van der Waals surface area contributed by atoms with Gasteiger partial charge in [0.1, 0.15) is 17.8 Å². The molecule has 0 unspecified atom stereocenters. The van der Waals surface area contributed by atoms with E-state index in [0.717, 1.165) is 43.6 Å². The van der Waals surface area contributed by atoms with Crippen molar-refractivity contribution in [3.8, 4) is 16.3 Å². The second-order valence-corrected chi connectivity index (χ2v) is 10.1. The molecule has 0 spiro atoms. The average Bonchev–Trinajstić information content (AvgIpc) is 3.35. The summed E-state index contributed by atoms with van der Waals surface area (Å²) in [5, 5.41) is 3.02. The fourth-order valence-electron chi connectivity index (χ4n) is 4.19. The Bertz CT molecular complexity index is 1410. The predicted octanol–water partition coefficient (Wildman–Crippen LogP) is 3.83. The molecule has 2 N–H and O–H groups in total. The van der Waals surface area contributed by atoms with Crippen LogP contribution in [-0.2, 0) is 4.74 Å². The van der Waals surface area contributed by atoms with E-state index < -0.39 is 0 Å². The molecule has 1 aromatic carbocycles. The number of hydrogen-bond donors (Lipinski definition) is 2. The first-order valence-corrected chi connectivity index (χ1v) is 12.8. The summed E-state index contributed by atoms with van der Waals surface area (Å²) in [6, 6.07) is 11.6. The van der Waals surface area contributed by atoms with Gasteiger partial charge in [0.25, 0.3) is 5.91 Å². The first-order chi connectivity index (χ1) is 17.2. The Labute approximate surface area is 210 Å². The summed E-state index contributed by atoms with van der Waals surface area (Å²) in [6.45, 7) is 2.34. The van der Waals surface area contributed by atoms with Crippen molar-refractivity contribution in [1.29, 1.82) is 0 Å². The van der Waals surface area contributed by atoms with Gasteiger partial charge in [0.2, 0.25) is 5.88 Å². The predicted molar refractivity (Wildman–Crippen MR) is 137 cm³/mol. The highest BCUT2D eigenvalue weighted by Crippen LogP contribution is 2.39. The van der Waals surface area contributed by atoms with Gasteiger partial charge in [-0.25, -0.2) is 15.0 Å². The van der Waals surface area contributed by atoms with Crippen LogP contribution in [0.3, 0.4) is 0 Å². The third-order valence-corrected chi connectivity index (χ3v) is 7.91. The van der Waals surface area contributed by atoms with Gasteiger partial charge in [0.15, 0.2) is 0 Å². The molecule has 5 heterocycles. The Morgan fingerprint density at radius 3 is 3.03 bits per heavy atom. The smallest absolute Gasteiger partial charge is 0.251 e. The molecule has 0 saturated carbocycles. The molecule has 3 aromatic heterocycles. The van der Waals surface area contributed by atoms with Gasteiger partial charge < -0.3 is 24.4 Å². The number of methoxy groups -OCH3 is 1. The molecule has 11 heteroatoms. The van der Waals surface area contributed by atoms with Crippen molar-refractivity contribution in [2.75, 3.05) is 43.0 Å². The van der Waals surface area contributed by atoms with Crippen molar-refractivity contribution >= 4 is 50.9 Å². The van der Waals surface area contributed by atoms with E-state index in [0.29, 0.717) is 31.1 Å². The lowest BCUT2D eigenvalue weighted by molar-refractivity contribution is 0.0395. The second-order valence-electron chi connectivity index (χ2n) is 8.18. The van der Waals surface area contributed by atoms with Crippen molar-refractivity contribution in [2.24, 2.45) is 0 Å². The molecular formula is C24H22N6O3S2. The van der Waals surface area contributed by atoms with Gasteiger partial charge in [-0.3, -0.25) is 4.79 Å². The number of anilines is 2. The van der Waals surface area contributed by atoms with Crippen LogP contribution in [-0.4, -0.2) is 60.3 Å². The Hall–Kier alpha value is -3.41. The molecule has 2 aliphatic heterocycles. The van der Waals surface area contributed by atoms with E-state index in [9.17, 15) is 4.79 Å². The number of pyridine rings is 1. The minimum atomic E-state index is -0.136. The van der Waals surface area contributed by atoms with Gasteiger partial charge >= 0.3 is 0 Å². The average molecular weight is 507 g/mol. The third-order valence-electron chi connectivity index (χ3n) is 5.93. The number of aromatic nitrogens is 3. The number of rotatable bonds is 1. The molecule has 1 atom stereocenters. The molecule has 35 heavy (non-hydrogen) atoms. The highest BCUT2D eigenvalue weighted by atomic mass is 32.2. The summed E-state index contributed by atoms with van der Waals surface area (Å²) >= 11 is 3.03. The molecule has 1 saturated heterocycles. The van der Waals surface area contributed by atoms with E-state index in [1.165, 1.54) is 11.9 Å². The van der Waals surface area contributed by atoms with Gasteiger partial charge in [-0.15, -0.1) is 11.3 Å². The van der Waals surface area contributed by atoms with Crippen LogP contribution in [0.2, 0.25) is 0 Å². The minimum absolute atomic E-state index is 0.136. The molecule has 9 nitrogen and oxygen atoms in total. The number of morpholine rings is 1. The van der Waals surface area contributed by atoms with Crippen LogP contribution in [0.5, 0.6) is 5.88 Å². The van der Waals surface area contributed by atoms with Gasteiger partial charge in [0.05, 0.1) is 30.0 Å². The quantitative estimate of drug-likeness (QED) is 0.373. The number of amides is 1. The molecule has 4 aromatic rings. The normalized spacial score (nSPS) is 17.9. The molecular weight excluding hydrogens is 484 g/mol. The number of carbonyl (C=O) groups is 1. The standard InChI is InChI=1S/C24H22N6O3S2/c1-32-24-19-8-15(10-26-24)20-9-18-21(34-20)22(28-13-27-18)30-5-6-33-16(12-30)11-25-23(31)14-3-2-4-17(7-14)35-29-19/h2-4,7-10,13,16,29H,5-6,11-12H2,1H3,(H,25,31)/t16-/m1/s1. The van der Waals surface area contributed by atoms with E-state index in [4.69, 9.17) is 9.47 Å². The van der Waals surface area contributed by atoms with Gasteiger partial charge in [-0.1, -0.05) is 6.07 Å². The highest BCUT2D eigenvalue weighted by Gasteiger charge is 2.25. The number of nitrogens with one attached hydrogen (secondary N) is 2. The number of carbonyl (C=O) groups excluding carboxylic acids is 1. The summed E-state index contributed by atoms with van der Waals surface area (Å²) < 4.78 is 15.8. The second kappa shape index (κ2) is 9.33. The van der Waals surface area contributed by atoms with Gasteiger partial charge in [-0.05, 0) is 42.3 Å². The van der Waals surface area contributed by atoms with Gasteiger partial charge in [-0.2, -0.15) is 0 Å². The zero-order valence-corrected chi connectivity index (χ0v) is 20.5. The lowest BCUT2D eigenvalue weighted by Gasteiger charge is -2.33. The SMILES string of the molecule is COc1ncc2cc1NSc1cccc(c1)C(=O)NC[C@@H]1CN(CCO1)c1ncnc3cc-2sc13. The lowest BCUT2D eigenvalue weighted by Crippen LogP contribution is -2.48. The van der Waals surface area contributed by atoms with Crippen molar-refractivity contribution in [1.82, 2.24) is 20.3 Å². The van der Waals surface area contributed by atoms with Crippen LogP contribution < -0.4 is 19.7 Å². The first-order valence-electron chi connectivity index (χ1n) is 11.1. The van der Waals surface area contributed by atoms with E-state index in [-0.39, 0.29) is 12.0 Å².